The van der Waals surface area contributed by atoms with E-state index in [1.54, 1.807) is 0 Å². The lowest BCUT2D eigenvalue weighted by Gasteiger charge is -2.21. The summed E-state index contributed by atoms with van der Waals surface area (Å²) in [6.45, 7) is 2.45. The summed E-state index contributed by atoms with van der Waals surface area (Å²) in [7, 11) is -9.82. The molecular formula is C103H174O16P2. The molecule has 0 bridgehead atoms. The van der Waals surface area contributed by atoms with E-state index in [0.29, 0.717) is 19.3 Å². The van der Waals surface area contributed by atoms with Crippen LogP contribution in [-0.2, 0) is 55.8 Å². The average Bonchev–Trinajstić information content (AvgIpc) is 0.899. The first kappa shape index (κ1) is 116. The first-order chi connectivity index (χ1) is 59.2. The standard InChI is InChI=1S/C103H174O16P2/c1-4-7-10-13-16-19-22-25-28-31-34-37-40-42-44-46-47-48-49-51-53-54-57-59-62-65-68-71-74-77-80-83-86-89-101(106)113-92-98(104)93-115-120(109,110)116-94-99(105)95-117-121(111,112)118-97-100(119-103(108)91-88-85-82-79-76-73-70-67-64-61-56-39-36-33-30-27-24-21-18-15-12-9-6-3)96-114-102(107)90-87-84-81-78-75-72-69-66-63-60-58-55-52-50-45-43-41-38-35-32-29-26-23-20-17-14-11-8-5-2/h8-9,11-12,16-21,25-30,34-39,42-45,52,55,61,64,98-100,104-105H,4-7,10,13-15,22-24,31-33,40-41,46-51,53-54,56-60,62-63,65-97H2,1-3H3,(H,109,110)(H,111,112)/b11-8-,12-9-,19-16-,20-17-,21-18-,28-25-,29-26-,30-27-,37-34-,38-35-,39-36-,44-42-,45-43-,55-52-,64-61-. The highest BCUT2D eigenvalue weighted by Gasteiger charge is 2.30. The van der Waals surface area contributed by atoms with Gasteiger partial charge < -0.3 is 34.2 Å². The number of phosphoric ester groups is 2. The van der Waals surface area contributed by atoms with Gasteiger partial charge in [-0.2, -0.15) is 0 Å². The van der Waals surface area contributed by atoms with Gasteiger partial charge in [-0.05, 0) is 161 Å². The molecule has 0 aliphatic rings. The molecule has 0 spiro atoms. The zero-order valence-corrected chi connectivity index (χ0v) is 78.2. The first-order valence-corrected chi connectivity index (χ1v) is 51.1. The van der Waals surface area contributed by atoms with Crippen molar-refractivity contribution in [2.45, 2.75) is 411 Å². The molecule has 0 amide bonds. The fourth-order valence-electron chi connectivity index (χ4n) is 12.9. The third-order valence-electron chi connectivity index (χ3n) is 20.1. The Morgan fingerprint density at radius 3 is 0.694 bits per heavy atom. The van der Waals surface area contributed by atoms with E-state index in [1.165, 1.54) is 148 Å². The quantitative estimate of drug-likeness (QED) is 0.0146. The molecule has 121 heavy (non-hydrogen) atoms. The van der Waals surface area contributed by atoms with Gasteiger partial charge in [-0.25, -0.2) is 9.13 Å². The number of allylic oxidation sites excluding steroid dienone is 30. The predicted octanol–water partition coefficient (Wildman–Crippen LogP) is 30.0. The summed E-state index contributed by atoms with van der Waals surface area (Å²) in [5.41, 5.74) is 0. The van der Waals surface area contributed by atoms with E-state index in [1.807, 2.05) is 0 Å². The van der Waals surface area contributed by atoms with Gasteiger partial charge in [0.2, 0.25) is 0 Å². The minimum absolute atomic E-state index is 0.0849. The van der Waals surface area contributed by atoms with E-state index in [9.17, 15) is 43.5 Å². The van der Waals surface area contributed by atoms with Crippen LogP contribution in [-0.4, -0.2) is 95.9 Å². The molecule has 0 aromatic carbocycles. The molecule has 5 atom stereocenters. The van der Waals surface area contributed by atoms with Gasteiger partial charge in [0.15, 0.2) is 6.10 Å². The van der Waals surface area contributed by atoms with Crippen molar-refractivity contribution in [3.63, 3.8) is 0 Å². The van der Waals surface area contributed by atoms with E-state index >= 15 is 0 Å². The van der Waals surface area contributed by atoms with E-state index in [-0.39, 0.29) is 19.3 Å². The smallest absolute Gasteiger partial charge is 0.463 e. The third kappa shape index (κ3) is 95.2. The number of ether oxygens (including phenoxy) is 3. The average molecular weight is 1730 g/mol. The molecule has 0 saturated carbocycles. The Hall–Kier alpha value is -5.35. The zero-order valence-electron chi connectivity index (χ0n) is 76.4. The van der Waals surface area contributed by atoms with Gasteiger partial charge in [0.05, 0.1) is 26.4 Å². The molecule has 16 nitrogen and oxygen atoms in total. The van der Waals surface area contributed by atoms with E-state index < -0.39 is 91.5 Å². The fourth-order valence-corrected chi connectivity index (χ4v) is 14.5. The van der Waals surface area contributed by atoms with E-state index in [4.69, 9.17) is 32.3 Å². The van der Waals surface area contributed by atoms with Crippen LogP contribution in [0.4, 0.5) is 0 Å². The number of hydrogen-bond acceptors (Lipinski definition) is 14. The molecule has 0 aliphatic heterocycles. The number of rotatable bonds is 90. The first-order valence-electron chi connectivity index (χ1n) is 48.1. The summed E-state index contributed by atoms with van der Waals surface area (Å²) in [6, 6.07) is 0. The minimum Gasteiger partial charge on any atom is -0.463 e. The van der Waals surface area contributed by atoms with Crippen molar-refractivity contribution in [2.24, 2.45) is 0 Å². The summed E-state index contributed by atoms with van der Waals surface area (Å²) >= 11 is 0. The molecule has 4 N–H and O–H groups in total. The maximum Gasteiger partial charge on any atom is 0.472 e. The molecule has 0 fully saturated rings. The molecule has 0 rings (SSSR count). The Morgan fingerprint density at radius 2 is 0.438 bits per heavy atom. The van der Waals surface area contributed by atoms with Crippen molar-refractivity contribution in [1.29, 1.82) is 0 Å². The Balaban J connectivity index is 4.60. The van der Waals surface area contributed by atoms with Crippen LogP contribution in [0.15, 0.2) is 182 Å². The minimum atomic E-state index is -4.95. The Bertz CT molecular complexity index is 2930. The summed E-state index contributed by atoms with van der Waals surface area (Å²) in [5.74, 6) is -1.59. The lowest BCUT2D eigenvalue weighted by Crippen LogP contribution is -2.30. The number of unbranched alkanes of at least 4 members (excludes halogenated alkanes) is 37. The van der Waals surface area contributed by atoms with Crippen LogP contribution in [0.1, 0.15) is 393 Å². The molecular weight excluding hydrogens is 1560 g/mol. The van der Waals surface area contributed by atoms with Gasteiger partial charge in [-0.15, -0.1) is 0 Å². The van der Waals surface area contributed by atoms with Crippen molar-refractivity contribution in [3.05, 3.63) is 182 Å². The molecule has 0 aromatic rings. The normalized spacial score (nSPS) is 14.5. The van der Waals surface area contributed by atoms with Crippen LogP contribution in [0, 0.1) is 0 Å². The number of aliphatic hydroxyl groups excluding tert-OH is 2. The highest BCUT2D eigenvalue weighted by Crippen LogP contribution is 2.45. The Kier molecular flexibility index (Phi) is 89.6. The maximum absolute atomic E-state index is 13.1. The van der Waals surface area contributed by atoms with Gasteiger partial charge in [0, 0.05) is 19.3 Å². The number of carbonyl (C=O) groups is 3. The molecule has 0 saturated heterocycles. The van der Waals surface area contributed by atoms with Crippen molar-refractivity contribution in [1.82, 2.24) is 0 Å². The highest BCUT2D eigenvalue weighted by atomic mass is 31.2. The monoisotopic (exact) mass is 1730 g/mol. The van der Waals surface area contributed by atoms with Crippen LogP contribution < -0.4 is 0 Å². The van der Waals surface area contributed by atoms with Crippen LogP contribution in [0.3, 0.4) is 0 Å². The fraction of sp³-hybridized carbons (Fsp3) is 0.680. The topological polar surface area (TPSA) is 231 Å². The number of aliphatic hydroxyl groups is 2. The zero-order chi connectivity index (χ0) is 87.9. The van der Waals surface area contributed by atoms with Gasteiger partial charge in [-0.3, -0.25) is 32.5 Å². The second kappa shape index (κ2) is 93.8. The van der Waals surface area contributed by atoms with Crippen LogP contribution in [0.2, 0.25) is 0 Å². The molecule has 0 aliphatic carbocycles. The number of carbonyl (C=O) groups excluding carboxylic acids is 3. The van der Waals surface area contributed by atoms with Gasteiger partial charge in [0.25, 0.3) is 0 Å². The van der Waals surface area contributed by atoms with Gasteiger partial charge >= 0.3 is 33.6 Å². The van der Waals surface area contributed by atoms with Crippen molar-refractivity contribution in [3.8, 4) is 0 Å². The largest absolute Gasteiger partial charge is 0.472 e. The molecule has 5 unspecified atom stereocenters. The molecule has 18 heteroatoms. The van der Waals surface area contributed by atoms with E-state index in [2.05, 4.69) is 203 Å². The Labute approximate surface area is 738 Å². The molecule has 0 heterocycles. The third-order valence-corrected chi connectivity index (χ3v) is 22.0. The lowest BCUT2D eigenvalue weighted by molar-refractivity contribution is -0.161. The number of esters is 3. The summed E-state index contributed by atoms with van der Waals surface area (Å²) in [4.78, 5) is 59.1. The molecule has 692 valence electrons. The molecule has 0 aromatic heterocycles. The van der Waals surface area contributed by atoms with Crippen LogP contribution in [0.25, 0.3) is 0 Å². The Morgan fingerprint density at radius 1 is 0.240 bits per heavy atom. The maximum atomic E-state index is 13.1. The second-order valence-electron chi connectivity index (χ2n) is 31.8. The van der Waals surface area contributed by atoms with Crippen molar-refractivity contribution >= 4 is 33.6 Å². The van der Waals surface area contributed by atoms with Crippen molar-refractivity contribution < 1.29 is 75.8 Å². The SMILES string of the molecule is CC/C=C\C/C=C\C/C=C\C/C=C\C/C=C\C/C=C\CCCCCCCCCCCCC(=O)OCC(COP(=O)(O)OCC(O)COP(=O)(O)OCC(O)COC(=O)CCCCCCCCCCCCCCCCCCC/C=C\C/C=C\C/C=C\C/C=C\CCCCC)OC(=O)CCCCCCCCC/C=C\C/C=C\C/C=C\C/C=C\C/C=C\CC. The van der Waals surface area contributed by atoms with E-state index in [0.717, 1.165) is 186 Å². The summed E-state index contributed by atoms with van der Waals surface area (Å²) < 4.78 is 61.6. The molecule has 0 radical (unpaired) electrons. The number of hydrogen-bond donors (Lipinski definition) is 4. The van der Waals surface area contributed by atoms with Crippen LogP contribution in [0.5, 0.6) is 0 Å². The van der Waals surface area contributed by atoms with Crippen molar-refractivity contribution in [2.75, 3.05) is 39.6 Å². The lowest BCUT2D eigenvalue weighted by atomic mass is 10.0. The highest BCUT2D eigenvalue weighted by molar-refractivity contribution is 7.47. The van der Waals surface area contributed by atoms with Gasteiger partial charge in [0.1, 0.15) is 25.4 Å². The summed E-state index contributed by atoms with van der Waals surface area (Å²) in [5, 5.41) is 20.8. The predicted molar refractivity (Wildman–Crippen MR) is 509 cm³/mol. The second-order valence-corrected chi connectivity index (χ2v) is 34.7. The summed E-state index contributed by atoms with van der Waals surface area (Å²) in [6.07, 6.45) is 124. The number of phosphoric acid groups is 2. The van der Waals surface area contributed by atoms with Gasteiger partial charge in [-0.1, -0.05) is 396 Å². The van der Waals surface area contributed by atoms with Crippen LogP contribution >= 0.6 is 15.6 Å².